The molecule has 0 amide bonds. The molecule has 1 heterocycles. The second-order valence-corrected chi connectivity index (χ2v) is 11.9. The highest BCUT2D eigenvalue weighted by Gasteiger charge is 2.43. The Balaban J connectivity index is 0.000000648. The summed E-state index contributed by atoms with van der Waals surface area (Å²) >= 11 is 3.67. The number of hydrogen-bond donors (Lipinski definition) is 1. The number of quaternary nitrogens is 1. The number of nitrogens with one attached hydrogen (secondary N) is 1. The molecule has 3 aromatic carbocycles. The maximum absolute atomic E-state index is 12.5. The molecule has 2 aliphatic rings. The van der Waals surface area contributed by atoms with Gasteiger partial charge in [0, 0.05) is 22.5 Å². The van der Waals surface area contributed by atoms with Gasteiger partial charge in [-0.05, 0) is 64.9 Å². The van der Waals surface area contributed by atoms with Gasteiger partial charge in [-0.25, -0.2) is 4.79 Å². The summed E-state index contributed by atoms with van der Waals surface area (Å²) in [5.41, 5.74) is 7.23. The van der Waals surface area contributed by atoms with Gasteiger partial charge in [0.25, 0.3) is 0 Å². The molecule has 3 unspecified atom stereocenters. The molecule has 5 rings (SSSR count). The quantitative estimate of drug-likeness (QED) is 0.104. The van der Waals surface area contributed by atoms with E-state index in [0.717, 1.165) is 28.3 Å². The summed E-state index contributed by atoms with van der Waals surface area (Å²) in [5, 5.41) is 3.81. The molecule has 0 fully saturated rings. The third kappa shape index (κ3) is 7.63. The van der Waals surface area contributed by atoms with Crippen LogP contribution in [0.5, 0.6) is 0 Å². The van der Waals surface area contributed by atoms with Gasteiger partial charge >= 0.3 is 13.2 Å². The molecule has 0 bridgehead atoms. The van der Waals surface area contributed by atoms with E-state index in [-0.39, 0.29) is 12.0 Å². The van der Waals surface area contributed by atoms with Gasteiger partial charge in [-0.15, -0.1) is 0 Å². The first-order chi connectivity index (χ1) is 18.3. The van der Waals surface area contributed by atoms with Crippen LogP contribution < -0.4 is 5.32 Å². The minimum absolute atomic E-state index is 0.181. The smallest absolute Gasteiger partial charge is 0.462 e. The Morgan fingerprint density at radius 1 is 1.00 bits per heavy atom. The predicted octanol–water partition coefficient (Wildman–Crippen LogP) is 7.47. The van der Waals surface area contributed by atoms with Gasteiger partial charge in [0.15, 0.2) is 0 Å². The van der Waals surface area contributed by atoms with E-state index < -0.39 is 7.25 Å². The molecule has 4 nitrogen and oxygen atoms in total. The largest absolute Gasteiger partial charge is 0.673 e. The van der Waals surface area contributed by atoms with Gasteiger partial charge in [-0.1, -0.05) is 52.3 Å². The first-order valence-corrected chi connectivity index (χ1v) is 13.7. The van der Waals surface area contributed by atoms with E-state index in [1.54, 1.807) is 0 Å². The average molecular weight is 607 g/mol. The Labute approximate surface area is 235 Å². The van der Waals surface area contributed by atoms with Gasteiger partial charge in [-0.3, -0.25) is 0 Å². The van der Waals surface area contributed by atoms with Crippen LogP contribution in [0, 0.1) is 5.92 Å². The van der Waals surface area contributed by atoms with Crippen LogP contribution in [0.1, 0.15) is 51.0 Å². The molecule has 0 saturated heterocycles. The van der Waals surface area contributed by atoms with E-state index in [0.29, 0.717) is 24.0 Å². The van der Waals surface area contributed by atoms with Crippen molar-refractivity contribution in [3.63, 3.8) is 0 Å². The number of carbonyl (C=O) groups excluding carboxylic acids is 1. The van der Waals surface area contributed by atoms with Crippen LogP contribution in [0.25, 0.3) is 0 Å². The van der Waals surface area contributed by atoms with Crippen molar-refractivity contribution in [2.24, 2.45) is 5.92 Å². The summed E-state index contributed by atoms with van der Waals surface area (Å²) in [4.78, 5) is 12.5. The Morgan fingerprint density at radius 2 is 1.67 bits per heavy atom. The first-order valence-electron chi connectivity index (χ1n) is 12.9. The molecule has 3 atom stereocenters. The van der Waals surface area contributed by atoms with Crippen LogP contribution in [0.15, 0.2) is 71.2 Å². The lowest BCUT2D eigenvalue weighted by Crippen LogP contribution is -2.35. The SMILES string of the molecule is C[N+](C)(C)CCCOC(=O)c1ccc(C2Nc3ccc(Br)cc3C3c4ccccc4CC23)cc1.F[B-](F)(F)F. The van der Waals surface area contributed by atoms with Crippen LogP contribution in [-0.4, -0.2) is 52.0 Å². The third-order valence-corrected chi connectivity index (χ3v) is 7.57. The highest BCUT2D eigenvalue weighted by atomic mass is 79.9. The molecule has 1 N–H and O–H groups in total. The lowest BCUT2D eigenvalue weighted by molar-refractivity contribution is -0.870. The molecule has 0 spiro atoms. The van der Waals surface area contributed by atoms with Crippen molar-refractivity contribution in [2.45, 2.75) is 24.8 Å². The van der Waals surface area contributed by atoms with E-state index >= 15 is 0 Å². The average Bonchev–Trinajstić information content (AvgIpc) is 3.25. The summed E-state index contributed by atoms with van der Waals surface area (Å²) in [5.74, 6) is 0.541. The molecule has 3 aromatic rings. The lowest BCUT2D eigenvalue weighted by Gasteiger charge is -2.38. The number of ether oxygens (including phenoxy) is 1. The number of nitrogens with zero attached hydrogens (tertiary/aromatic N) is 1. The molecule has 0 saturated carbocycles. The van der Waals surface area contributed by atoms with Crippen molar-refractivity contribution in [1.29, 1.82) is 0 Å². The van der Waals surface area contributed by atoms with Crippen LogP contribution >= 0.6 is 15.9 Å². The normalized spacial score (nSPS) is 19.5. The summed E-state index contributed by atoms with van der Waals surface area (Å²) in [6.07, 6.45) is 1.90. The molecule has 1 aliphatic heterocycles. The second-order valence-electron chi connectivity index (χ2n) is 11.0. The third-order valence-electron chi connectivity index (χ3n) is 7.07. The Kier molecular flexibility index (Phi) is 8.76. The van der Waals surface area contributed by atoms with Crippen molar-refractivity contribution >= 4 is 34.8 Å². The van der Waals surface area contributed by atoms with Crippen molar-refractivity contribution in [1.82, 2.24) is 0 Å². The summed E-state index contributed by atoms with van der Waals surface area (Å²) in [6, 6.07) is 23.5. The van der Waals surface area contributed by atoms with E-state index in [9.17, 15) is 22.1 Å². The van der Waals surface area contributed by atoms with Crippen molar-refractivity contribution in [3.05, 3.63) is 99.0 Å². The summed E-state index contributed by atoms with van der Waals surface area (Å²) in [6.45, 7) is 1.43. The Hall–Kier alpha value is -2.85. The maximum Gasteiger partial charge on any atom is 0.673 e. The van der Waals surface area contributed by atoms with Gasteiger partial charge in [-0.2, -0.15) is 0 Å². The lowest BCUT2D eigenvalue weighted by atomic mass is 9.75. The molecule has 0 aromatic heterocycles. The molecule has 39 heavy (non-hydrogen) atoms. The molecule has 0 radical (unpaired) electrons. The predicted molar refractivity (Wildman–Crippen MR) is 150 cm³/mol. The van der Waals surface area contributed by atoms with Crippen LogP contribution in [0.3, 0.4) is 0 Å². The second kappa shape index (κ2) is 11.7. The van der Waals surface area contributed by atoms with Crippen LogP contribution in [0.2, 0.25) is 0 Å². The van der Waals surface area contributed by atoms with E-state index in [2.05, 4.69) is 97.0 Å². The van der Waals surface area contributed by atoms with Crippen molar-refractivity contribution < 1.29 is 31.3 Å². The van der Waals surface area contributed by atoms with Crippen molar-refractivity contribution in [2.75, 3.05) is 39.6 Å². The van der Waals surface area contributed by atoms with Gasteiger partial charge in [0.2, 0.25) is 0 Å². The fourth-order valence-corrected chi connectivity index (χ4v) is 5.85. The highest BCUT2D eigenvalue weighted by molar-refractivity contribution is 9.10. The number of esters is 1. The molecule has 208 valence electrons. The van der Waals surface area contributed by atoms with E-state index in [1.165, 1.54) is 27.9 Å². The summed E-state index contributed by atoms with van der Waals surface area (Å²) < 4.78 is 46.5. The van der Waals surface area contributed by atoms with Gasteiger partial charge < -0.3 is 31.8 Å². The Bertz CT molecular complexity index is 1310. The molecule has 1 aliphatic carbocycles. The number of rotatable bonds is 6. The fraction of sp³-hybridized carbons (Fsp3) is 0.345. The Morgan fingerprint density at radius 3 is 2.33 bits per heavy atom. The number of hydrogen-bond acceptors (Lipinski definition) is 3. The molecule has 10 heteroatoms. The number of benzene rings is 3. The monoisotopic (exact) mass is 606 g/mol. The highest BCUT2D eigenvalue weighted by Crippen LogP contribution is 2.54. The van der Waals surface area contributed by atoms with E-state index in [1.807, 2.05) is 12.1 Å². The van der Waals surface area contributed by atoms with E-state index in [4.69, 9.17) is 4.74 Å². The molecular formula is C29H32BBrF4N2O2. The van der Waals surface area contributed by atoms with Crippen molar-refractivity contribution in [3.8, 4) is 0 Å². The maximum atomic E-state index is 12.5. The number of halogens is 5. The number of carbonyl (C=O) groups is 1. The topological polar surface area (TPSA) is 38.3 Å². The van der Waals surface area contributed by atoms with Gasteiger partial charge in [0.05, 0.1) is 45.9 Å². The summed E-state index contributed by atoms with van der Waals surface area (Å²) in [7, 11) is 0.430. The standard InChI is InChI=1S/C29H32BrN2O2.BF4/c1-32(2,3)15-6-16-34-29(33)20-11-9-19(10-12-20)28-25-17-21-7-4-5-8-23(21)27(25)24-18-22(30)13-14-26(24)31-28;2-1(3,4)5/h4-5,7-14,18,25,27-28,31H,6,15-17H2,1-3H3;/q+1;-1. The number of fused-ring (bicyclic) bond motifs is 5. The fourth-order valence-electron chi connectivity index (χ4n) is 5.48. The van der Waals surface area contributed by atoms with Gasteiger partial charge in [0.1, 0.15) is 0 Å². The zero-order valence-corrected chi connectivity index (χ0v) is 23.7. The van der Waals surface area contributed by atoms with Crippen LogP contribution in [0.4, 0.5) is 23.0 Å². The number of anilines is 1. The molecular weight excluding hydrogens is 575 g/mol. The minimum Gasteiger partial charge on any atom is -0.462 e. The zero-order chi connectivity index (χ0) is 28.4. The zero-order valence-electron chi connectivity index (χ0n) is 22.1. The van der Waals surface area contributed by atoms with Crippen LogP contribution in [-0.2, 0) is 11.2 Å². The minimum atomic E-state index is -6.00. The first kappa shape index (κ1) is 29.1.